The molecule has 0 aliphatic heterocycles. The van der Waals surface area contributed by atoms with Gasteiger partial charge in [0.15, 0.2) is 11.0 Å². The molecule has 2 aromatic heterocycles. The minimum atomic E-state index is -0.00875. The molecule has 2 aromatic carbocycles. The van der Waals surface area contributed by atoms with Crippen LogP contribution in [0.25, 0.3) is 5.69 Å². The Morgan fingerprint density at radius 2 is 1.87 bits per heavy atom. The second kappa shape index (κ2) is 9.00. The van der Waals surface area contributed by atoms with Gasteiger partial charge in [0.1, 0.15) is 17.8 Å². The highest BCUT2D eigenvalue weighted by molar-refractivity contribution is 7.98. The predicted octanol–water partition coefficient (Wildman–Crippen LogP) is 4.11. The maximum atomic E-state index is 5.45. The third kappa shape index (κ3) is 4.30. The van der Waals surface area contributed by atoms with Gasteiger partial charge < -0.3 is 14.0 Å². The van der Waals surface area contributed by atoms with E-state index < -0.39 is 0 Å². The van der Waals surface area contributed by atoms with E-state index in [1.54, 1.807) is 20.5 Å². The van der Waals surface area contributed by atoms with Gasteiger partial charge in [0, 0.05) is 11.6 Å². The summed E-state index contributed by atoms with van der Waals surface area (Å²) in [5, 5.41) is 13.1. The average molecular weight is 423 g/mol. The summed E-state index contributed by atoms with van der Waals surface area (Å²) in [6.07, 6.45) is 1.67. The second-order valence-corrected chi connectivity index (χ2v) is 7.46. The lowest BCUT2D eigenvalue weighted by atomic mass is 10.0. The smallest absolute Gasteiger partial charge is 0.237 e. The zero-order chi connectivity index (χ0) is 20.9. The van der Waals surface area contributed by atoms with Gasteiger partial charge in [0.05, 0.1) is 20.0 Å². The molecule has 0 saturated heterocycles. The van der Waals surface area contributed by atoms with Crippen molar-refractivity contribution in [1.82, 2.24) is 24.9 Å². The van der Waals surface area contributed by atoms with Gasteiger partial charge in [-0.2, -0.15) is 4.98 Å². The molecule has 8 nitrogen and oxygen atoms in total. The van der Waals surface area contributed by atoms with Crippen LogP contribution in [-0.4, -0.2) is 39.1 Å². The van der Waals surface area contributed by atoms with Gasteiger partial charge in [-0.05, 0) is 42.0 Å². The van der Waals surface area contributed by atoms with Crippen LogP contribution in [-0.2, 0) is 5.75 Å². The van der Waals surface area contributed by atoms with Crippen LogP contribution in [0.4, 0.5) is 0 Å². The molecule has 0 amide bonds. The molecule has 9 heteroatoms. The van der Waals surface area contributed by atoms with Crippen LogP contribution in [0.1, 0.15) is 30.1 Å². The Morgan fingerprint density at radius 1 is 1.07 bits per heavy atom. The zero-order valence-corrected chi connectivity index (χ0v) is 17.7. The Morgan fingerprint density at radius 3 is 2.63 bits per heavy atom. The fraction of sp³-hybridized carbons (Fsp3) is 0.238. The first-order chi connectivity index (χ1) is 14.7. The molecule has 1 atom stereocenters. The van der Waals surface area contributed by atoms with Gasteiger partial charge in [-0.25, -0.2) is 0 Å². The number of aromatic nitrogens is 5. The quantitative estimate of drug-likeness (QED) is 0.391. The van der Waals surface area contributed by atoms with E-state index in [9.17, 15) is 0 Å². The van der Waals surface area contributed by atoms with Crippen LogP contribution < -0.4 is 9.47 Å². The van der Waals surface area contributed by atoms with Crippen molar-refractivity contribution in [2.75, 3.05) is 14.2 Å². The van der Waals surface area contributed by atoms with Crippen LogP contribution in [0.3, 0.4) is 0 Å². The van der Waals surface area contributed by atoms with Gasteiger partial charge in [-0.3, -0.25) is 4.57 Å². The normalized spacial score (nSPS) is 12.0. The number of methoxy groups -OCH3 is 2. The lowest BCUT2D eigenvalue weighted by Crippen LogP contribution is -1.99. The van der Waals surface area contributed by atoms with Crippen LogP contribution in [0, 0.1) is 0 Å². The fourth-order valence-electron chi connectivity index (χ4n) is 2.93. The summed E-state index contributed by atoms with van der Waals surface area (Å²) in [4.78, 5) is 4.55. The highest BCUT2D eigenvalue weighted by atomic mass is 32.2. The summed E-state index contributed by atoms with van der Waals surface area (Å²) in [5.74, 6) is 3.25. The Kier molecular flexibility index (Phi) is 5.99. The van der Waals surface area contributed by atoms with Crippen LogP contribution >= 0.6 is 11.8 Å². The van der Waals surface area contributed by atoms with Crippen molar-refractivity contribution in [1.29, 1.82) is 0 Å². The maximum Gasteiger partial charge on any atom is 0.237 e. The van der Waals surface area contributed by atoms with Crippen molar-refractivity contribution < 1.29 is 14.0 Å². The number of nitrogens with zero attached hydrogens (tertiary/aromatic N) is 5. The van der Waals surface area contributed by atoms with E-state index in [0.29, 0.717) is 17.5 Å². The molecule has 4 rings (SSSR count). The average Bonchev–Trinajstić information content (AvgIpc) is 3.47. The molecular weight excluding hydrogens is 402 g/mol. The first-order valence-corrected chi connectivity index (χ1v) is 10.3. The zero-order valence-electron chi connectivity index (χ0n) is 16.8. The van der Waals surface area contributed by atoms with Crippen molar-refractivity contribution in [2.24, 2.45) is 0 Å². The maximum absolute atomic E-state index is 5.45. The third-order valence-electron chi connectivity index (χ3n) is 4.66. The van der Waals surface area contributed by atoms with Crippen molar-refractivity contribution in [3.05, 3.63) is 72.1 Å². The molecule has 2 heterocycles. The number of hydrogen-bond acceptors (Lipinski definition) is 8. The molecule has 154 valence electrons. The second-order valence-electron chi connectivity index (χ2n) is 6.51. The number of rotatable bonds is 8. The summed E-state index contributed by atoms with van der Waals surface area (Å²) in [5.41, 5.74) is 2.01. The molecule has 30 heavy (non-hydrogen) atoms. The highest BCUT2D eigenvalue weighted by Crippen LogP contribution is 2.27. The molecule has 0 fully saturated rings. The Balaban J connectivity index is 1.44. The topological polar surface area (TPSA) is 88.1 Å². The van der Waals surface area contributed by atoms with Crippen LogP contribution in [0.2, 0.25) is 0 Å². The molecule has 0 bridgehead atoms. The molecule has 0 spiro atoms. The Bertz CT molecular complexity index is 1110. The molecular formula is C21H21N5O3S. The van der Waals surface area contributed by atoms with E-state index in [4.69, 9.17) is 14.0 Å². The van der Waals surface area contributed by atoms with Crippen molar-refractivity contribution in [3.63, 3.8) is 0 Å². The Hall–Kier alpha value is -3.33. The summed E-state index contributed by atoms with van der Waals surface area (Å²) < 4.78 is 17.9. The molecule has 0 N–H and O–H groups in total. The van der Waals surface area contributed by atoms with Gasteiger partial charge >= 0.3 is 0 Å². The lowest BCUT2D eigenvalue weighted by molar-refractivity contribution is 0.383. The fourth-order valence-corrected chi connectivity index (χ4v) is 3.70. The van der Waals surface area contributed by atoms with Gasteiger partial charge in [-0.15, -0.1) is 10.2 Å². The number of benzene rings is 2. The highest BCUT2D eigenvalue weighted by Gasteiger charge is 2.17. The SMILES string of the molecule is COc1ccc(-n2cnnc2SCc2nc(C(C)c3cccc(OC)c3)no2)cc1. The lowest BCUT2D eigenvalue weighted by Gasteiger charge is -2.08. The molecule has 0 aliphatic rings. The first kappa shape index (κ1) is 20.0. The van der Waals surface area contributed by atoms with Gasteiger partial charge in [-0.1, -0.05) is 36.0 Å². The monoisotopic (exact) mass is 423 g/mol. The largest absolute Gasteiger partial charge is 0.497 e. The van der Waals surface area contributed by atoms with E-state index >= 15 is 0 Å². The molecule has 1 unspecified atom stereocenters. The van der Waals surface area contributed by atoms with E-state index in [1.807, 2.05) is 60.0 Å². The van der Waals surface area contributed by atoms with Crippen LogP contribution in [0.5, 0.6) is 11.5 Å². The van der Waals surface area contributed by atoms with Crippen LogP contribution in [0.15, 0.2) is 64.5 Å². The predicted molar refractivity (Wildman–Crippen MR) is 112 cm³/mol. The van der Waals surface area contributed by atoms with Gasteiger partial charge in [0.25, 0.3) is 0 Å². The van der Waals surface area contributed by atoms with E-state index in [-0.39, 0.29) is 5.92 Å². The molecule has 0 radical (unpaired) electrons. The van der Waals surface area contributed by atoms with Gasteiger partial charge in [0.2, 0.25) is 5.89 Å². The van der Waals surface area contributed by atoms with Crippen molar-refractivity contribution >= 4 is 11.8 Å². The molecule has 0 saturated carbocycles. The molecule has 0 aliphatic carbocycles. The van der Waals surface area contributed by atoms with Crippen molar-refractivity contribution in [2.45, 2.75) is 23.8 Å². The molecule has 4 aromatic rings. The van der Waals surface area contributed by atoms with Crippen molar-refractivity contribution in [3.8, 4) is 17.2 Å². The summed E-state index contributed by atoms with van der Waals surface area (Å²) in [6, 6.07) is 15.6. The minimum Gasteiger partial charge on any atom is -0.497 e. The summed E-state index contributed by atoms with van der Waals surface area (Å²) >= 11 is 1.48. The van der Waals surface area contributed by atoms with E-state index in [1.165, 1.54) is 11.8 Å². The Labute approximate surface area is 178 Å². The third-order valence-corrected chi connectivity index (χ3v) is 5.58. The summed E-state index contributed by atoms with van der Waals surface area (Å²) in [6.45, 7) is 2.04. The number of hydrogen-bond donors (Lipinski definition) is 0. The number of ether oxygens (including phenoxy) is 2. The summed E-state index contributed by atoms with van der Waals surface area (Å²) in [7, 11) is 3.29. The standard InChI is InChI=1S/C21H21N5O3S/c1-14(15-5-4-6-18(11-15)28-3)20-23-19(29-25-20)12-30-21-24-22-13-26(21)16-7-9-17(27-2)10-8-16/h4-11,13-14H,12H2,1-3H3. The van der Waals surface area contributed by atoms with E-state index in [0.717, 1.165) is 27.9 Å². The number of thioether (sulfide) groups is 1. The van der Waals surface area contributed by atoms with E-state index in [2.05, 4.69) is 20.3 Å². The minimum absolute atomic E-state index is 0.00875. The first-order valence-electron chi connectivity index (χ1n) is 9.31.